The Balaban J connectivity index is 2.11. The summed E-state index contributed by atoms with van der Waals surface area (Å²) in [6.45, 7) is 1.81. The summed E-state index contributed by atoms with van der Waals surface area (Å²) in [5.74, 6) is 1.12. The lowest BCUT2D eigenvalue weighted by atomic mass is 9.87. The number of nitrogens with one attached hydrogen (secondary N) is 1. The maximum atomic E-state index is 5.48. The Morgan fingerprint density at radius 3 is 3.05 bits per heavy atom. The van der Waals surface area contributed by atoms with Crippen LogP contribution in [-0.2, 0) is 13.6 Å². The van der Waals surface area contributed by atoms with Crippen LogP contribution in [0, 0.1) is 0 Å². The minimum Gasteiger partial charge on any atom is -0.481 e. The minimum absolute atomic E-state index is 0.282. The summed E-state index contributed by atoms with van der Waals surface area (Å²) in [7, 11) is 3.60. The first kappa shape index (κ1) is 12.7. The fourth-order valence-electron chi connectivity index (χ4n) is 2.75. The third kappa shape index (κ3) is 2.07. The normalized spacial score (nSPS) is 18.2. The number of aromatic nitrogens is 2. The maximum Gasteiger partial charge on any atom is 0.215 e. The summed E-state index contributed by atoms with van der Waals surface area (Å²) in [4.78, 5) is 0. The van der Waals surface area contributed by atoms with Gasteiger partial charge in [-0.15, -0.1) is 0 Å². The van der Waals surface area contributed by atoms with Gasteiger partial charge in [0.2, 0.25) is 5.88 Å². The quantitative estimate of drug-likeness (QED) is 0.923. The van der Waals surface area contributed by atoms with Crippen molar-refractivity contribution in [3.63, 3.8) is 0 Å². The number of aryl methyl sites for hydroxylation is 1. The van der Waals surface area contributed by atoms with Gasteiger partial charge in [-0.3, -0.25) is 0 Å². The highest BCUT2D eigenvalue weighted by Gasteiger charge is 2.27. The van der Waals surface area contributed by atoms with E-state index in [1.54, 1.807) is 11.8 Å². The number of rotatable bonds is 2. The number of fused-ring (bicyclic) bond motifs is 1. The minimum atomic E-state index is 0.282. The molecule has 0 spiro atoms. The number of ether oxygens (including phenoxy) is 1. The zero-order chi connectivity index (χ0) is 13.4. The van der Waals surface area contributed by atoms with Crippen molar-refractivity contribution in [3.8, 4) is 5.88 Å². The Bertz CT molecular complexity index is 609. The maximum absolute atomic E-state index is 5.48. The number of halogens is 1. The Labute approximate surface area is 120 Å². The molecule has 0 saturated heterocycles. The van der Waals surface area contributed by atoms with Gasteiger partial charge in [0.1, 0.15) is 0 Å². The lowest BCUT2D eigenvalue weighted by Gasteiger charge is -2.27. The van der Waals surface area contributed by atoms with E-state index in [4.69, 9.17) is 4.74 Å². The summed E-state index contributed by atoms with van der Waals surface area (Å²) in [6, 6.07) is 6.37. The smallest absolute Gasteiger partial charge is 0.215 e. The molecule has 0 bridgehead atoms. The van der Waals surface area contributed by atoms with Gasteiger partial charge in [-0.25, -0.2) is 4.68 Å². The van der Waals surface area contributed by atoms with Crippen LogP contribution in [0.15, 0.2) is 28.9 Å². The molecule has 3 rings (SSSR count). The van der Waals surface area contributed by atoms with Gasteiger partial charge < -0.3 is 10.1 Å². The first-order valence-corrected chi connectivity index (χ1v) is 7.05. The third-order valence-electron chi connectivity index (χ3n) is 3.66. The van der Waals surface area contributed by atoms with E-state index in [1.165, 1.54) is 11.1 Å². The van der Waals surface area contributed by atoms with Gasteiger partial charge in [0, 0.05) is 36.1 Å². The fourth-order valence-corrected chi connectivity index (χ4v) is 3.27. The number of benzene rings is 1. The van der Waals surface area contributed by atoms with Crippen LogP contribution in [0.25, 0.3) is 0 Å². The zero-order valence-corrected chi connectivity index (χ0v) is 12.6. The van der Waals surface area contributed by atoms with Crippen LogP contribution in [0.5, 0.6) is 5.88 Å². The lowest BCUT2D eigenvalue weighted by molar-refractivity contribution is 0.366. The number of nitrogens with zero attached hydrogens (tertiary/aromatic N) is 2. The predicted octanol–water partition coefficient (Wildman–Crippen LogP) is 2.43. The molecule has 1 aliphatic heterocycles. The van der Waals surface area contributed by atoms with Crippen LogP contribution in [0.3, 0.4) is 0 Å². The monoisotopic (exact) mass is 321 g/mol. The summed E-state index contributed by atoms with van der Waals surface area (Å²) in [6.07, 6.45) is 1.90. The molecule has 1 aliphatic rings. The molecule has 0 aliphatic carbocycles. The molecule has 2 aromatic rings. The van der Waals surface area contributed by atoms with Crippen LogP contribution in [0.4, 0.5) is 0 Å². The standard InChI is InChI=1S/C14H16BrN3O/c1-18-14(19-2)12(8-17-18)10-6-16-7-11-9(10)4-3-5-13(11)15/h3-5,8,10,16H,6-7H2,1-2H3. The van der Waals surface area contributed by atoms with E-state index in [0.29, 0.717) is 0 Å². The molecule has 0 radical (unpaired) electrons. The van der Waals surface area contributed by atoms with E-state index >= 15 is 0 Å². The molecule has 1 aromatic heterocycles. The first-order valence-electron chi connectivity index (χ1n) is 6.26. The van der Waals surface area contributed by atoms with E-state index in [2.05, 4.69) is 44.5 Å². The van der Waals surface area contributed by atoms with Crippen LogP contribution < -0.4 is 10.1 Å². The molecular formula is C14H16BrN3O. The molecule has 1 N–H and O–H groups in total. The predicted molar refractivity (Wildman–Crippen MR) is 77.5 cm³/mol. The van der Waals surface area contributed by atoms with E-state index in [-0.39, 0.29) is 5.92 Å². The molecule has 4 nitrogen and oxygen atoms in total. The second-order valence-corrected chi connectivity index (χ2v) is 5.58. The highest BCUT2D eigenvalue weighted by Crippen LogP contribution is 2.37. The van der Waals surface area contributed by atoms with Gasteiger partial charge >= 0.3 is 0 Å². The van der Waals surface area contributed by atoms with E-state index in [9.17, 15) is 0 Å². The van der Waals surface area contributed by atoms with Crippen molar-refractivity contribution in [2.24, 2.45) is 7.05 Å². The summed E-state index contributed by atoms with van der Waals surface area (Å²) < 4.78 is 8.41. The van der Waals surface area contributed by atoms with Crippen molar-refractivity contribution in [3.05, 3.63) is 45.6 Å². The van der Waals surface area contributed by atoms with Crippen molar-refractivity contribution < 1.29 is 4.74 Å². The fraction of sp³-hybridized carbons (Fsp3) is 0.357. The van der Waals surface area contributed by atoms with Crippen molar-refractivity contribution in [2.75, 3.05) is 13.7 Å². The number of methoxy groups -OCH3 is 1. The third-order valence-corrected chi connectivity index (χ3v) is 4.40. The SMILES string of the molecule is COc1c(C2CNCc3c(Br)cccc32)cnn1C. The Hall–Kier alpha value is -1.33. The van der Waals surface area contributed by atoms with Crippen LogP contribution in [0.1, 0.15) is 22.6 Å². The van der Waals surface area contributed by atoms with Crippen LogP contribution >= 0.6 is 15.9 Å². The highest BCUT2D eigenvalue weighted by atomic mass is 79.9. The molecule has 0 saturated carbocycles. The molecule has 1 unspecified atom stereocenters. The van der Waals surface area contributed by atoms with Gasteiger partial charge in [-0.2, -0.15) is 5.10 Å². The van der Waals surface area contributed by atoms with Crippen LogP contribution in [0.2, 0.25) is 0 Å². The number of hydrogen-bond donors (Lipinski definition) is 1. The van der Waals surface area contributed by atoms with E-state index in [1.807, 2.05) is 13.2 Å². The van der Waals surface area contributed by atoms with Gasteiger partial charge in [0.15, 0.2) is 0 Å². The first-order chi connectivity index (χ1) is 9.22. The van der Waals surface area contributed by atoms with Crippen molar-refractivity contribution >= 4 is 15.9 Å². The second-order valence-electron chi connectivity index (χ2n) is 4.72. The Morgan fingerprint density at radius 2 is 2.26 bits per heavy atom. The second kappa shape index (κ2) is 4.98. The molecule has 1 aromatic carbocycles. The topological polar surface area (TPSA) is 39.1 Å². The highest BCUT2D eigenvalue weighted by molar-refractivity contribution is 9.10. The average molecular weight is 322 g/mol. The van der Waals surface area contributed by atoms with Crippen molar-refractivity contribution in [1.29, 1.82) is 0 Å². The summed E-state index contributed by atoms with van der Waals surface area (Å²) in [5.41, 5.74) is 3.81. The number of hydrogen-bond acceptors (Lipinski definition) is 3. The molecule has 0 amide bonds. The van der Waals surface area contributed by atoms with Gasteiger partial charge in [-0.1, -0.05) is 28.1 Å². The van der Waals surface area contributed by atoms with Crippen LogP contribution in [-0.4, -0.2) is 23.4 Å². The molecular weight excluding hydrogens is 306 g/mol. The summed E-state index contributed by atoms with van der Waals surface area (Å²) >= 11 is 3.63. The van der Waals surface area contributed by atoms with Gasteiger partial charge in [0.05, 0.1) is 13.3 Å². The zero-order valence-electron chi connectivity index (χ0n) is 11.0. The molecule has 19 heavy (non-hydrogen) atoms. The van der Waals surface area contributed by atoms with E-state index < -0.39 is 0 Å². The average Bonchev–Trinajstić information content (AvgIpc) is 2.79. The molecule has 2 heterocycles. The molecule has 0 fully saturated rings. The lowest BCUT2D eigenvalue weighted by Crippen LogP contribution is -2.29. The van der Waals surface area contributed by atoms with Gasteiger partial charge in [0.25, 0.3) is 0 Å². The molecule has 100 valence electrons. The Kier molecular flexibility index (Phi) is 3.33. The summed E-state index contributed by atoms with van der Waals surface area (Å²) in [5, 5.41) is 7.78. The van der Waals surface area contributed by atoms with Crippen molar-refractivity contribution in [2.45, 2.75) is 12.5 Å². The van der Waals surface area contributed by atoms with Gasteiger partial charge in [-0.05, 0) is 17.2 Å². The molecule has 1 atom stereocenters. The van der Waals surface area contributed by atoms with E-state index in [0.717, 1.165) is 29.0 Å². The largest absolute Gasteiger partial charge is 0.481 e. The Morgan fingerprint density at radius 1 is 1.42 bits per heavy atom. The molecule has 5 heteroatoms. The van der Waals surface area contributed by atoms with Crippen molar-refractivity contribution in [1.82, 2.24) is 15.1 Å².